The van der Waals surface area contributed by atoms with E-state index in [1.165, 1.54) is 6.07 Å². The van der Waals surface area contributed by atoms with E-state index in [1.54, 1.807) is 6.92 Å². The molecule has 1 N–H and O–H groups in total. The number of aromatic nitrogens is 1. The van der Waals surface area contributed by atoms with Crippen molar-refractivity contribution in [2.45, 2.75) is 13.8 Å². The van der Waals surface area contributed by atoms with E-state index in [1.807, 2.05) is 6.92 Å². The van der Waals surface area contributed by atoms with E-state index < -0.39 is 0 Å². The van der Waals surface area contributed by atoms with Gasteiger partial charge in [0.1, 0.15) is 0 Å². The first-order valence-electron chi connectivity index (χ1n) is 4.60. The standard InChI is InChI=1S/C11H8Cl3NO/c1-4-5(2)15-10-7(13)3-6(12)9(14)8(10)11(4)16/h3H,1-2H3,(H,15,16). The van der Waals surface area contributed by atoms with Gasteiger partial charge in [-0.3, -0.25) is 4.79 Å². The van der Waals surface area contributed by atoms with E-state index in [0.29, 0.717) is 21.5 Å². The topological polar surface area (TPSA) is 32.9 Å². The summed E-state index contributed by atoms with van der Waals surface area (Å²) in [5.74, 6) is 0. The molecule has 0 radical (unpaired) electrons. The maximum absolute atomic E-state index is 12.1. The number of rotatable bonds is 0. The Hall–Kier alpha value is -0.700. The number of halogens is 3. The van der Waals surface area contributed by atoms with Crippen LogP contribution < -0.4 is 5.43 Å². The molecule has 2 aromatic rings. The summed E-state index contributed by atoms with van der Waals surface area (Å²) < 4.78 is 0. The lowest BCUT2D eigenvalue weighted by atomic mass is 10.1. The molecular weight excluding hydrogens is 268 g/mol. The highest BCUT2D eigenvalue weighted by Gasteiger charge is 2.14. The molecule has 0 fully saturated rings. The van der Waals surface area contributed by atoms with Gasteiger partial charge in [0, 0.05) is 11.3 Å². The van der Waals surface area contributed by atoms with Crippen LogP contribution in [0.5, 0.6) is 0 Å². The Morgan fingerprint density at radius 3 is 2.38 bits per heavy atom. The molecular formula is C11H8Cl3NO. The molecule has 0 saturated heterocycles. The molecule has 0 bridgehead atoms. The minimum atomic E-state index is -0.138. The number of aromatic amines is 1. The van der Waals surface area contributed by atoms with E-state index in [2.05, 4.69) is 4.98 Å². The zero-order valence-electron chi connectivity index (χ0n) is 8.62. The lowest BCUT2D eigenvalue weighted by Crippen LogP contribution is -2.10. The Morgan fingerprint density at radius 2 is 1.75 bits per heavy atom. The van der Waals surface area contributed by atoms with E-state index in [-0.39, 0.29) is 15.5 Å². The Labute approximate surface area is 107 Å². The molecule has 0 spiro atoms. The van der Waals surface area contributed by atoms with Crippen LogP contribution in [0.1, 0.15) is 11.3 Å². The van der Waals surface area contributed by atoms with Crippen molar-refractivity contribution in [3.63, 3.8) is 0 Å². The number of fused-ring (bicyclic) bond motifs is 1. The maximum Gasteiger partial charge on any atom is 0.194 e. The van der Waals surface area contributed by atoms with Crippen LogP contribution in [0.2, 0.25) is 15.1 Å². The number of benzene rings is 1. The van der Waals surface area contributed by atoms with Crippen LogP contribution in [0.25, 0.3) is 10.9 Å². The van der Waals surface area contributed by atoms with Crippen LogP contribution in [0.3, 0.4) is 0 Å². The molecule has 0 aliphatic rings. The highest BCUT2D eigenvalue weighted by atomic mass is 35.5. The largest absolute Gasteiger partial charge is 0.357 e. The highest BCUT2D eigenvalue weighted by Crippen LogP contribution is 2.33. The zero-order chi connectivity index (χ0) is 12.0. The fourth-order valence-electron chi connectivity index (χ4n) is 1.57. The second-order valence-electron chi connectivity index (χ2n) is 3.61. The van der Waals surface area contributed by atoms with E-state index in [0.717, 1.165) is 5.69 Å². The Balaban J connectivity index is 3.14. The molecule has 2 rings (SSSR count). The molecule has 84 valence electrons. The summed E-state index contributed by atoms with van der Waals surface area (Å²) in [5, 5.41) is 1.27. The van der Waals surface area contributed by atoms with Gasteiger partial charge in [0.25, 0.3) is 0 Å². The third kappa shape index (κ3) is 1.61. The quantitative estimate of drug-likeness (QED) is 0.722. The van der Waals surface area contributed by atoms with E-state index in [9.17, 15) is 4.79 Å². The van der Waals surface area contributed by atoms with Gasteiger partial charge in [-0.05, 0) is 19.9 Å². The average molecular weight is 277 g/mol. The fourth-order valence-corrected chi connectivity index (χ4v) is 2.31. The van der Waals surface area contributed by atoms with Crippen molar-refractivity contribution >= 4 is 45.7 Å². The zero-order valence-corrected chi connectivity index (χ0v) is 10.9. The molecule has 0 unspecified atom stereocenters. The van der Waals surface area contributed by atoms with Crippen molar-refractivity contribution < 1.29 is 0 Å². The molecule has 1 heterocycles. The number of H-pyrrole nitrogens is 1. The summed E-state index contributed by atoms with van der Waals surface area (Å²) in [7, 11) is 0. The first kappa shape index (κ1) is 11.8. The van der Waals surface area contributed by atoms with E-state index >= 15 is 0 Å². The van der Waals surface area contributed by atoms with Crippen molar-refractivity contribution in [2.24, 2.45) is 0 Å². The lowest BCUT2D eigenvalue weighted by Gasteiger charge is -2.08. The van der Waals surface area contributed by atoms with Crippen LogP contribution in [0.4, 0.5) is 0 Å². The molecule has 1 aromatic carbocycles. The van der Waals surface area contributed by atoms with Gasteiger partial charge in [0.2, 0.25) is 0 Å². The molecule has 0 aliphatic heterocycles. The Kier molecular flexibility index (Phi) is 2.91. The maximum atomic E-state index is 12.1. The molecule has 0 aliphatic carbocycles. The summed E-state index contributed by atoms with van der Waals surface area (Å²) in [4.78, 5) is 15.1. The second kappa shape index (κ2) is 3.95. The predicted molar refractivity (Wildman–Crippen MR) is 69.1 cm³/mol. The normalized spacial score (nSPS) is 11.1. The van der Waals surface area contributed by atoms with Gasteiger partial charge >= 0.3 is 0 Å². The Bertz CT molecular complexity index is 646. The SMILES string of the molecule is Cc1[nH]c2c(Cl)cc(Cl)c(Cl)c2c(=O)c1C. The van der Waals surface area contributed by atoms with Gasteiger partial charge in [0.15, 0.2) is 5.43 Å². The van der Waals surface area contributed by atoms with Crippen molar-refractivity contribution in [3.8, 4) is 0 Å². The first-order valence-corrected chi connectivity index (χ1v) is 5.73. The third-order valence-electron chi connectivity index (χ3n) is 2.61. The monoisotopic (exact) mass is 275 g/mol. The van der Waals surface area contributed by atoms with Crippen molar-refractivity contribution in [1.82, 2.24) is 4.98 Å². The summed E-state index contributed by atoms with van der Waals surface area (Å²) in [6, 6.07) is 1.53. The number of hydrogen-bond acceptors (Lipinski definition) is 1. The van der Waals surface area contributed by atoms with Crippen molar-refractivity contribution in [3.05, 3.63) is 42.6 Å². The summed E-state index contributed by atoms with van der Waals surface area (Å²) in [5.41, 5.74) is 1.79. The molecule has 2 nitrogen and oxygen atoms in total. The van der Waals surface area contributed by atoms with Gasteiger partial charge in [-0.2, -0.15) is 0 Å². The van der Waals surface area contributed by atoms with Crippen LogP contribution in [0.15, 0.2) is 10.9 Å². The summed E-state index contributed by atoms with van der Waals surface area (Å²) >= 11 is 17.9. The second-order valence-corrected chi connectivity index (χ2v) is 4.80. The fraction of sp³-hybridized carbons (Fsp3) is 0.182. The van der Waals surface area contributed by atoms with Crippen LogP contribution in [-0.4, -0.2) is 4.98 Å². The van der Waals surface area contributed by atoms with Crippen molar-refractivity contribution in [2.75, 3.05) is 0 Å². The van der Waals surface area contributed by atoms with Gasteiger partial charge in [-0.1, -0.05) is 34.8 Å². The summed E-state index contributed by atoms with van der Waals surface area (Å²) in [6.07, 6.45) is 0. The highest BCUT2D eigenvalue weighted by molar-refractivity contribution is 6.47. The van der Waals surface area contributed by atoms with Crippen LogP contribution in [0, 0.1) is 13.8 Å². The van der Waals surface area contributed by atoms with Crippen LogP contribution in [-0.2, 0) is 0 Å². The van der Waals surface area contributed by atoms with Gasteiger partial charge in [-0.25, -0.2) is 0 Å². The number of pyridine rings is 1. The number of nitrogens with one attached hydrogen (secondary N) is 1. The number of aryl methyl sites for hydroxylation is 1. The van der Waals surface area contributed by atoms with Crippen molar-refractivity contribution in [1.29, 1.82) is 0 Å². The smallest absolute Gasteiger partial charge is 0.194 e. The summed E-state index contributed by atoms with van der Waals surface area (Å²) in [6.45, 7) is 3.55. The molecule has 0 atom stereocenters. The number of hydrogen-bond donors (Lipinski definition) is 1. The lowest BCUT2D eigenvalue weighted by molar-refractivity contribution is 1.18. The molecule has 16 heavy (non-hydrogen) atoms. The molecule has 0 amide bonds. The first-order chi connectivity index (χ1) is 7.43. The molecule has 5 heteroatoms. The van der Waals surface area contributed by atoms with E-state index in [4.69, 9.17) is 34.8 Å². The molecule has 1 aromatic heterocycles. The Morgan fingerprint density at radius 1 is 1.12 bits per heavy atom. The van der Waals surface area contributed by atoms with Gasteiger partial charge < -0.3 is 4.98 Å². The molecule has 0 saturated carbocycles. The van der Waals surface area contributed by atoms with Crippen LogP contribution >= 0.6 is 34.8 Å². The minimum Gasteiger partial charge on any atom is -0.357 e. The third-order valence-corrected chi connectivity index (χ3v) is 3.70. The van der Waals surface area contributed by atoms with Gasteiger partial charge in [0.05, 0.1) is 26.0 Å². The minimum absolute atomic E-state index is 0.138. The van der Waals surface area contributed by atoms with Gasteiger partial charge in [-0.15, -0.1) is 0 Å². The average Bonchev–Trinajstić information content (AvgIpc) is 2.22. The predicted octanol–water partition coefficient (Wildman–Crippen LogP) is 4.11.